The van der Waals surface area contributed by atoms with Crippen molar-refractivity contribution >= 4 is 22.9 Å². The van der Waals surface area contributed by atoms with E-state index in [9.17, 15) is 5.11 Å². The first kappa shape index (κ1) is 17.8. The standard InChI is InChI=1S/C18H18ClN3O2S/c19-18-6-3-14(9-21-18)17(23)10-20-7-8-24-15-4-1-13(2-5-15)16-11-25-12-22-16/h1-6,9,11-12,17,20,23H,7-8,10H2/t17-/m0/s1. The predicted molar refractivity (Wildman–Crippen MR) is 100 cm³/mol. The molecule has 130 valence electrons. The number of aromatic nitrogens is 2. The minimum Gasteiger partial charge on any atom is -0.492 e. The van der Waals surface area contributed by atoms with Gasteiger partial charge in [0.1, 0.15) is 17.5 Å². The van der Waals surface area contributed by atoms with Crippen LogP contribution in [0.3, 0.4) is 0 Å². The second-order valence-corrected chi connectivity index (χ2v) is 6.49. The summed E-state index contributed by atoms with van der Waals surface area (Å²) in [5.74, 6) is 0.809. The molecule has 5 nitrogen and oxygen atoms in total. The number of halogens is 1. The molecule has 2 heterocycles. The van der Waals surface area contributed by atoms with Crippen molar-refractivity contribution in [1.29, 1.82) is 0 Å². The third-order valence-corrected chi connectivity index (χ3v) is 4.41. The molecule has 0 aliphatic carbocycles. The van der Waals surface area contributed by atoms with E-state index < -0.39 is 6.10 Å². The number of nitrogens with one attached hydrogen (secondary N) is 1. The lowest BCUT2D eigenvalue weighted by atomic mass is 10.1. The number of hydrogen-bond donors (Lipinski definition) is 2. The van der Waals surface area contributed by atoms with Gasteiger partial charge < -0.3 is 15.2 Å². The SMILES string of the molecule is O[C@@H](CNCCOc1ccc(-c2cscn2)cc1)c1ccc(Cl)nc1. The molecule has 25 heavy (non-hydrogen) atoms. The highest BCUT2D eigenvalue weighted by molar-refractivity contribution is 7.07. The zero-order chi connectivity index (χ0) is 17.5. The lowest BCUT2D eigenvalue weighted by Crippen LogP contribution is -2.26. The minimum absolute atomic E-state index is 0.415. The van der Waals surface area contributed by atoms with Gasteiger partial charge in [0.15, 0.2) is 0 Å². The first-order chi connectivity index (χ1) is 12.2. The smallest absolute Gasteiger partial charge is 0.129 e. The van der Waals surface area contributed by atoms with E-state index in [-0.39, 0.29) is 0 Å². The van der Waals surface area contributed by atoms with E-state index in [1.807, 2.05) is 35.2 Å². The van der Waals surface area contributed by atoms with Gasteiger partial charge in [-0.25, -0.2) is 9.97 Å². The average Bonchev–Trinajstić information content (AvgIpc) is 3.17. The van der Waals surface area contributed by atoms with E-state index >= 15 is 0 Å². The quantitative estimate of drug-likeness (QED) is 0.465. The van der Waals surface area contributed by atoms with E-state index in [2.05, 4.69) is 15.3 Å². The molecular weight excluding hydrogens is 358 g/mol. The average molecular weight is 376 g/mol. The molecule has 1 atom stereocenters. The van der Waals surface area contributed by atoms with Gasteiger partial charge in [-0.2, -0.15) is 0 Å². The van der Waals surface area contributed by atoms with Crippen molar-refractivity contribution in [3.8, 4) is 17.0 Å². The van der Waals surface area contributed by atoms with Crippen molar-refractivity contribution < 1.29 is 9.84 Å². The van der Waals surface area contributed by atoms with Crippen LogP contribution in [0.5, 0.6) is 5.75 Å². The van der Waals surface area contributed by atoms with Crippen LogP contribution in [-0.4, -0.2) is 34.8 Å². The van der Waals surface area contributed by atoms with Gasteiger partial charge in [-0.15, -0.1) is 11.3 Å². The van der Waals surface area contributed by atoms with Crippen LogP contribution in [-0.2, 0) is 0 Å². The fourth-order valence-electron chi connectivity index (χ4n) is 2.26. The summed E-state index contributed by atoms with van der Waals surface area (Å²) in [5.41, 5.74) is 4.60. The van der Waals surface area contributed by atoms with E-state index in [1.54, 1.807) is 29.7 Å². The van der Waals surface area contributed by atoms with Gasteiger partial charge in [-0.1, -0.05) is 17.7 Å². The number of aliphatic hydroxyl groups excluding tert-OH is 1. The van der Waals surface area contributed by atoms with Gasteiger partial charge in [-0.3, -0.25) is 0 Å². The maximum Gasteiger partial charge on any atom is 0.129 e. The normalized spacial score (nSPS) is 12.1. The number of thiazole rings is 1. The molecule has 0 unspecified atom stereocenters. The number of hydrogen-bond acceptors (Lipinski definition) is 6. The van der Waals surface area contributed by atoms with Crippen LogP contribution in [0.1, 0.15) is 11.7 Å². The van der Waals surface area contributed by atoms with Crippen molar-refractivity contribution in [3.63, 3.8) is 0 Å². The Morgan fingerprint density at radius 3 is 2.68 bits per heavy atom. The third-order valence-electron chi connectivity index (χ3n) is 3.60. The molecule has 0 aliphatic heterocycles. The first-order valence-electron chi connectivity index (χ1n) is 7.84. The van der Waals surface area contributed by atoms with Crippen molar-refractivity contribution in [1.82, 2.24) is 15.3 Å². The maximum atomic E-state index is 10.1. The zero-order valence-electron chi connectivity index (χ0n) is 13.4. The van der Waals surface area contributed by atoms with Gasteiger partial charge >= 0.3 is 0 Å². The van der Waals surface area contributed by atoms with Gasteiger partial charge in [0.05, 0.1) is 17.3 Å². The number of aliphatic hydroxyl groups is 1. The Balaban J connectivity index is 1.37. The second-order valence-electron chi connectivity index (χ2n) is 5.38. The molecule has 0 amide bonds. The molecule has 0 saturated carbocycles. The summed E-state index contributed by atoms with van der Waals surface area (Å²) in [6, 6.07) is 11.3. The van der Waals surface area contributed by atoms with Crippen LogP contribution in [0, 0.1) is 0 Å². The van der Waals surface area contributed by atoms with E-state index in [0.717, 1.165) is 22.6 Å². The Hall–Kier alpha value is -1.99. The van der Waals surface area contributed by atoms with Crippen molar-refractivity contribution in [2.24, 2.45) is 0 Å². The molecule has 2 aromatic heterocycles. The van der Waals surface area contributed by atoms with E-state index in [0.29, 0.717) is 24.8 Å². The molecule has 3 rings (SSSR count). The summed E-state index contributed by atoms with van der Waals surface area (Å²) in [6.07, 6.45) is 0.955. The van der Waals surface area contributed by atoms with Crippen LogP contribution in [0.25, 0.3) is 11.3 Å². The third kappa shape index (κ3) is 5.24. The second kappa shape index (κ2) is 8.92. The van der Waals surface area contributed by atoms with Crippen LogP contribution in [0.2, 0.25) is 5.15 Å². The summed E-state index contributed by atoms with van der Waals surface area (Å²) >= 11 is 7.31. The zero-order valence-corrected chi connectivity index (χ0v) is 15.0. The Kier molecular flexibility index (Phi) is 6.36. The van der Waals surface area contributed by atoms with Gasteiger partial charge in [0, 0.05) is 35.8 Å². The Morgan fingerprint density at radius 2 is 2.00 bits per heavy atom. The monoisotopic (exact) mass is 375 g/mol. The number of benzene rings is 1. The maximum absolute atomic E-state index is 10.1. The number of nitrogens with zero attached hydrogens (tertiary/aromatic N) is 2. The van der Waals surface area contributed by atoms with Crippen LogP contribution >= 0.6 is 22.9 Å². The molecule has 0 bridgehead atoms. The molecule has 3 aromatic rings. The summed E-state index contributed by atoms with van der Waals surface area (Å²) in [5, 5.41) is 15.6. The topological polar surface area (TPSA) is 67.3 Å². The van der Waals surface area contributed by atoms with Crippen LogP contribution in [0.4, 0.5) is 0 Å². The van der Waals surface area contributed by atoms with Crippen molar-refractivity contribution in [2.45, 2.75) is 6.10 Å². The van der Waals surface area contributed by atoms with Crippen LogP contribution in [0.15, 0.2) is 53.5 Å². The Labute approximate surface area is 155 Å². The molecule has 7 heteroatoms. The Morgan fingerprint density at radius 1 is 1.16 bits per heavy atom. The number of pyridine rings is 1. The summed E-state index contributed by atoms with van der Waals surface area (Å²) in [7, 11) is 0. The Bertz CT molecular complexity index is 764. The highest BCUT2D eigenvalue weighted by Gasteiger charge is 2.07. The van der Waals surface area contributed by atoms with Gasteiger partial charge in [0.2, 0.25) is 0 Å². The van der Waals surface area contributed by atoms with Crippen molar-refractivity contribution in [2.75, 3.05) is 19.7 Å². The molecule has 0 saturated heterocycles. The fraction of sp³-hybridized carbons (Fsp3) is 0.222. The van der Waals surface area contributed by atoms with Crippen LogP contribution < -0.4 is 10.1 Å². The van der Waals surface area contributed by atoms with Gasteiger partial charge in [0.25, 0.3) is 0 Å². The van der Waals surface area contributed by atoms with E-state index in [4.69, 9.17) is 16.3 Å². The predicted octanol–water partition coefficient (Wildman–Crippen LogP) is 3.56. The molecule has 2 N–H and O–H groups in total. The summed E-state index contributed by atoms with van der Waals surface area (Å²) in [6.45, 7) is 1.57. The first-order valence-corrected chi connectivity index (χ1v) is 9.16. The minimum atomic E-state index is -0.623. The molecule has 0 aliphatic rings. The lowest BCUT2D eigenvalue weighted by molar-refractivity contribution is 0.171. The largest absolute Gasteiger partial charge is 0.492 e. The highest BCUT2D eigenvalue weighted by Crippen LogP contribution is 2.22. The fourth-order valence-corrected chi connectivity index (χ4v) is 2.93. The number of rotatable bonds is 8. The van der Waals surface area contributed by atoms with Gasteiger partial charge in [-0.05, 0) is 30.3 Å². The molecule has 0 fully saturated rings. The summed E-state index contributed by atoms with van der Waals surface area (Å²) in [4.78, 5) is 8.24. The lowest BCUT2D eigenvalue weighted by Gasteiger charge is -2.12. The van der Waals surface area contributed by atoms with E-state index in [1.165, 1.54) is 0 Å². The molecule has 1 aromatic carbocycles. The number of ether oxygens (including phenoxy) is 1. The highest BCUT2D eigenvalue weighted by atomic mass is 35.5. The molecule has 0 radical (unpaired) electrons. The summed E-state index contributed by atoms with van der Waals surface area (Å²) < 4.78 is 5.69. The molecular formula is C18H18ClN3O2S. The molecule has 0 spiro atoms. The van der Waals surface area contributed by atoms with Crippen molar-refractivity contribution in [3.05, 3.63) is 64.2 Å².